The molecule has 2 atom stereocenters. The smallest absolute Gasteiger partial charge is 0.269 e. The largest absolute Gasteiger partial charge is 0.497 e. The predicted octanol–water partition coefficient (Wildman–Crippen LogP) is 6.74. The van der Waals surface area contributed by atoms with E-state index in [2.05, 4.69) is 24.8 Å². The summed E-state index contributed by atoms with van der Waals surface area (Å²) in [4.78, 5) is 10.8. The van der Waals surface area contributed by atoms with Gasteiger partial charge in [0.2, 0.25) is 0 Å². The number of non-ortho nitro benzene ring substituents is 1. The van der Waals surface area contributed by atoms with Crippen LogP contribution in [0, 0.1) is 44.1 Å². The first-order valence-corrected chi connectivity index (χ1v) is 11.2. The molecule has 0 fully saturated rings. The summed E-state index contributed by atoms with van der Waals surface area (Å²) in [5, 5.41) is 31.2. The third kappa shape index (κ3) is 5.24. The fourth-order valence-corrected chi connectivity index (χ4v) is 4.57. The van der Waals surface area contributed by atoms with Gasteiger partial charge in [0, 0.05) is 24.5 Å². The number of ether oxygens (including phenoxy) is 1. The van der Waals surface area contributed by atoms with E-state index in [1.54, 1.807) is 25.3 Å². The average molecular weight is 454 g/mol. The van der Waals surface area contributed by atoms with Gasteiger partial charge in [-0.2, -0.15) is 10.5 Å². The number of benzene rings is 2. The maximum Gasteiger partial charge on any atom is 0.269 e. The summed E-state index contributed by atoms with van der Waals surface area (Å²) >= 11 is 0. The molecule has 0 aromatic heterocycles. The van der Waals surface area contributed by atoms with Crippen molar-refractivity contribution in [2.75, 3.05) is 7.11 Å². The van der Waals surface area contributed by atoms with Crippen molar-refractivity contribution < 1.29 is 9.66 Å². The number of allylic oxidation sites excluding steroid dienone is 4. The van der Waals surface area contributed by atoms with Gasteiger partial charge < -0.3 is 4.74 Å². The first-order valence-electron chi connectivity index (χ1n) is 11.2. The molecule has 0 radical (unpaired) electrons. The summed E-state index contributed by atoms with van der Waals surface area (Å²) in [6.45, 7) is 3.76. The highest BCUT2D eigenvalue weighted by Gasteiger charge is 2.41. The van der Waals surface area contributed by atoms with Crippen molar-refractivity contribution in [3.63, 3.8) is 0 Å². The first-order chi connectivity index (χ1) is 16.5. The van der Waals surface area contributed by atoms with Crippen LogP contribution >= 0.6 is 0 Å². The van der Waals surface area contributed by atoms with E-state index in [0.717, 1.165) is 41.7 Å². The van der Waals surface area contributed by atoms with Gasteiger partial charge in [0.1, 0.15) is 5.75 Å². The maximum absolute atomic E-state index is 11.2. The van der Waals surface area contributed by atoms with Crippen molar-refractivity contribution >= 4 is 11.8 Å². The third-order valence-corrected chi connectivity index (χ3v) is 6.34. The molecule has 34 heavy (non-hydrogen) atoms. The van der Waals surface area contributed by atoms with E-state index >= 15 is 0 Å². The van der Waals surface area contributed by atoms with Gasteiger partial charge in [-0.15, -0.1) is 6.58 Å². The minimum absolute atomic E-state index is 0.0242. The van der Waals surface area contributed by atoms with E-state index in [4.69, 9.17) is 4.74 Å². The van der Waals surface area contributed by atoms with Gasteiger partial charge in [0.15, 0.2) is 5.41 Å². The fourth-order valence-electron chi connectivity index (χ4n) is 4.57. The lowest BCUT2D eigenvalue weighted by atomic mass is 9.65. The molecule has 0 N–H and O–H groups in total. The molecule has 0 spiro atoms. The van der Waals surface area contributed by atoms with Crippen LogP contribution in [0.4, 0.5) is 5.69 Å². The molecular weight excluding hydrogens is 426 g/mol. The predicted molar refractivity (Wildman–Crippen MR) is 132 cm³/mol. The first kappa shape index (κ1) is 24.5. The maximum atomic E-state index is 11.2. The molecule has 6 heteroatoms. The standard InChI is InChI=1S/C28H27N3O3/c1-3-18-28(19-29,20-30)27-7-5-4-6-26(27)25(22-11-13-23(14-12-22)31(32)33)17-10-21-8-15-24(34-2)16-9-21/h3,7-17,25-26H,1,4-6,18H2,2H3/b17-10+. The summed E-state index contributed by atoms with van der Waals surface area (Å²) in [5.41, 5.74) is 1.44. The summed E-state index contributed by atoms with van der Waals surface area (Å²) < 4.78 is 5.23. The number of rotatable bonds is 9. The van der Waals surface area contributed by atoms with Crippen LogP contribution in [0.1, 0.15) is 42.7 Å². The Bertz CT molecular complexity index is 1150. The van der Waals surface area contributed by atoms with E-state index < -0.39 is 10.3 Å². The Balaban J connectivity index is 2.08. The molecule has 0 saturated carbocycles. The second kappa shape index (κ2) is 11.1. The van der Waals surface area contributed by atoms with Crippen LogP contribution in [0.15, 0.2) is 78.9 Å². The van der Waals surface area contributed by atoms with Crippen LogP contribution in [0.25, 0.3) is 6.08 Å². The molecule has 0 heterocycles. The van der Waals surface area contributed by atoms with Crippen LogP contribution in [-0.4, -0.2) is 12.0 Å². The molecule has 1 aliphatic rings. The van der Waals surface area contributed by atoms with E-state index in [9.17, 15) is 20.6 Å². The molecule has 0 bridgehead atoms. The average Bonchev–Trinajstić information content (AvgIpc) is 2.88. The number of hydrogen-bond acceptors (Lipinski definition) is 5. The normalized spacial score (nSPS) is 16.7. The van der Waals surface area contributed by atoms with Crippen LogP contribution in [0.3, 0.4) is 0 Å². The highest BCUT2D eigenvalue weighted by Crippen LogP contribution is 2.47. The van der Waals surface area contributed by atoms with Gasteiger partial charge >= 0.3 is 0 Å². The Labute approximate surface area is 200 Å². The Hall–Kier alpha value is -4.16. The minimum Gasteiger partial charge on any atom is -0.497 e. The molecular formula is C28H27N3O3. The van der Waals surface area contributed by atoms with Gasteiger partial charge in [-0.3, -0.25) is 10.1 Å². The molecule has 0 amide bonds. The molecule has 172 valence electrons. The summed E-state index contributed by atoms with van der Waals surface area (Å²) in [7, 11) is 1.62. The Morgan fingerprint density at radius 1 is 1.21 bits per heavy atom. The zero-order valence-corrected chi connectivity index (χ0v) is 19.2. The van der Waals surface area contributed by atoms with Gasteiger partial charge in [-0.1, -0.05) is 48.6 Å². The Morgan fingerprint density at radius 2 is 1.88 bits per heavy atom. The lowest BCUT2D eigenvalue weighted by Gasteiger charge is -2.36. The highest BCUT2D eigenvalue weighted by molar-refractivity contribution is 5.53. The van der Waals surface area contributed by atoms with Gasteiger partial charge in [-0.25, -0.2) is 0 Å². The van der Waals surface area contributed by atoms with Crippen molar-refractivity contribution in [2.24, 2.45) is 11.3 Å². The highest BCUT2D eigenvalue weighted by atomic mass is 16.6. The number of nitrogens with zero attached hydrogens (tertiary/aromatic N) is 3. The molecule has 2 aromatic rings. The molecule has 2 aromatic carbocycles. The summed E-state index contributed by atoms with van der Waals surface area (Å²) in [5.74, 6) is 0.503. The van der Waals surface area contributed by atoms with Crippen LogP contribution in [0.5, 0.6) is 5.75 Å². The number of methoxy groups -OCH3 is 1. The molecule has 0 saturated heterocycles. The quantitative estimate of drug-likeness (QED) is 0.238. The Kier molecular flexibility index (Phi) is 8.01. The number of nitro groups is 1. The monoisotopic (exact) mass is 453 g/mol. The minimum atomic E-state index is -1.28. The van der Waals surface area contributed by atoms with Crippen molar-refractivity contribution in [2.45, 2.75) is 31.6 Å². The van der Waals surface area contributed by atoms with E-state index in [1.807, 2.05) is 36.4 Å². The van der Waals surface area contributed by atoms with Crippen LogP contribution in [0.2, 0.25) is 0 Å². The van der Waals surface area contributed by atoms with Crippen LogP contribution in [-0.2, 0) is 0 Å². The zero-order valence-electron chi connectivity index (χ0n) is 19.2. The lowest BCUT2D eigenvalue weighted by Crippen LogP contribution is -2.29. The molecule has 3 rings (SSSR count). The van der Waals surface area contributed by atoms with E-state index in [-0.39, 0.29) is 23.9 Å². The van der Waals surface area contributed by atoms with Gasteiger partial charge in [0.05, 0.1) is 24.2 Å². The molecule has 6 nitrogen and oxygen atoms in total. The van der Waals surface area contributed by atoms with Crippen molar-refractivity contribution in [1.29, 1.82) is 10.5 Å². The van der Waals surface area contributed by atoms with Gasteiger partial charge in [-0.05, 0) is 54.0 Å². The third-order valence-electron chi connectivity index (χ3n) is 6.34. The second-order valence-corrected chi connectivity index (χ2v) is 8.33. The summed E-state index contributed by atoms with van der Waals surface area (Å²) in [6.07, 6.45) is 10.5. The van der Waals surface area contributed by atoms with Crippen molar-refractivity contribution in [3.8, 4) is 17.9 Å². The molecule has 2 unspecified atom stereocenters. The molecule has 0 aliphatic heterocycles. The SMILES string of the molecule is C=CCC(C#N)(C#N)C1=CCCCC1C(/C=C/c1ccc(OC)cc1)c1ccc([N+](=O)[O-])cc1. The van der Waals surface area contributed by atoms with Crippen molar-refractivity contribution in [3.05, 3.63) is 100 Å². The van der Waals surface area contributed by atoms with Gasteiger partial charge in [0.25, 0.3) is 5.69 Å². The lowest BCUT2D eigenvalue weighted by molar-refractivity contribution is -0.384. The summed E-state index contributed by atoms with van der Waals surface area (Å²) in [6, 6.07) is 18.7. The Morgan fingerprint density at radius 3 is 2.44 bits per heavy atom. The number of nitriles is 2. The van der Waals surface area contributed by atoms with Crippen LogP contribution < -0.4 is 4.74 Å². The fraction of sp³-hybridized carbons (Fsp3) is 0.286. The van der Waals surface area contributed by atoms with E-state index in [1.165, 1.54) is 12.1 Å². The topological polar surface area (TPSA) is 100.0 Å². The molecule has 1 aliphatic carbocycles. The second-order valence-electron chi connectivity index (χ2n) is 8.33. The van der Waals surface area contributed by atoms with E-state index in [0.29, 0.717) is 0 Å². The number of nitro benzene ring substituents is 1. The van der Waals surface area contributed by atoms with Crippen molar-refractivity contribution in [1.82, 2.24) is 0 Å². The number of hydrogen-bond donors (Lipinski definition) is 0. The zero-order chi connectivity index (χ0) is 24.6.